The Morgan fingerprint density at radius 2 is 1.76 bits per heavy atom. The summed E-state index contributed by atoms with van der Waals surface area (Å²) in [5.41, 5.74) is 1.71. The van der Waals surface area contributed by atoms with Gasteiger partial charge in [-0.1, -0.05) is 46.3 Å². The van der Waals surface area contributed by atoms with Gasteiger partial charge in [0, 0.05) is 15.5 Å². The maximum absolute atomic E-state index is 13.6. The van der Waals surface area contributed by atoms with Crippen LogP contribution < -0.4 is 9.64 Å². The Morgan fingerprint density at radius 3 is 2.45 bits per heavy atom. The van der Waals surface area contributed by atoms with Crippen LogP contribution in [0.25, 0.3) is 11.0 Å². The number of halogens is 1. The van der Waals surface area contributed by atoms with Gasteiger partial charge in [-0.2, -0.15) is 0 Å². The number of ether oxygens (including phenoxy) is 1. The van der Waals surface area contributed by atoms with Crippen molar-refractivity contribution in [3.63, 3.8) is 0 Å². The predicted molar refractivity (Wildman–Crippen MR) is 128 cm³/mol. The minimum absolute atomic E-state index is 0.0351. The van der Waals surface area contributed by atoms with Crippen LogP contribution in [-0.4, -0.2) is 23.9 Å². The van der Waals surface area contributed by atoms with Crippen LogP contribution in [0.1, 0.15) is 22.2 Å². The maximum atomic E-state index is 13.6. The molecule has 5 rings (SSSR count). The highest BCUT2D eigenvalue weighted by Gasteiger charge is 2.45. The van der Waals surface area contributed by atoms with Gasteiger partial charge in [-0.15, -0.1) is 0 Å². The van der Waals surface area contributed by atoms with Crippen LogP contribution in [0, 0.1) is 0 Å². The van der Waals surface area contributed by atoms with Crippen LogP contribution in [0.5, 0.6) is 5.75 Å². The minimum Gasteiger partial charge on any atom is -0.503 e. The molecule has 1 aliphatic rings. The standard InChI is InChI=1S/C26H18BrNO5/c1-32-19-10-7-15(8-11-19)23-22(25(30)26(31)28(23)18-5-3-2-4-6-18)24(29)21-14-16-13-17(27)9-12-20(16)33-21/h2-14,23,30H,1H3. The molecule has 33 heavy (non-hydrogen) atoms. The average molecular weight is 504 g/mol. The van der Waals surface area contributed by atoms with E-state index in [1.165, 1.54) is 4.90 Å². The topological polar surface area (TPSA) is 80.0 Å². The van der Waals surface area contributed by atoms with Crippen molar-refractivity contribution in [2.45, 2.75) is 6.04 Å². The fraction of sp³-hybridized carbons (Fsp3) is 0.0769. The summed E-state index contributed by atoms with van der Waals surface area (Å²) in [5.74, 6) is -1.10. The lowest BCUT2D eigenvalue weighted by atomic mass is 9.94. The number of rotatable bonds is 5. The molecule has 1 atom stereocenters. The summed E-state index contributed by atoms with van der Waals surface area (Å²) in [5, 5.41) is 11.6. The van der Waals surface area contributed by atoms with E-state index in [1.54, 1.807) is 67.8 Å². The van der Waals surface area contributed by atoms with Gasteiger partial charge < -0.3 is 14.3 Å². The van der Waals surface area contributed by atoms with Gasteiger partial charge in [0.1, 0.15) is 11.3 Å². The second kappa shape index (κ2) is 8.26. The molecule has 1 aromatic heterocycles. The zero-order chi connectivity index (χ0) is 23.1. The van der Waals surface area contributed by atoms with Gasteiger partial charge in [0.2, 0.25) is 5.78 Å². The number of methoxy groups -OCH3 is 1. The number of amides is 1. The number of benzene rings is 3. The Morgan fingerprint density at radius 1 is 1.03 bits per heavy atom. The van der Waals surface area contributed by atoms with Crippen LogP contribution >= 0.6 is 15.9 Å². The Labute approximate surface area is 197 Å². The van der Waals surface area contributed by atoms with Gasteiger partial charge >= 0.3 is 0 Å². The number of nitrogens with zero attached hydrogens (tertiary/aromatic N) is 1. The van der Waals surface area contributed by atoms with Crippen molar-refractivity contribution in [1.82, 2.24) is 0 Å². The number of carbonyl (C=O) groups is 2. The highest BCUT2D eigenvalue weighted by molar-refractivity contribution is 9.10. The molecule has 1 N–H and O–H groups in total. The molecule has 0 saturated heterocycles. The third-order valence-electron chi connectivity index (χ3n) is 5.62. The lowest BCUT2D eigenvalue weighted by Crippen LogP contribution is -2.31. The number of aliphatic hydroxyl groups excluding tert-OH is 1. The summed E-state index contributed by atoms with van der Waals surface area (Å²) < 4.78 is 11.9. The largest absolute Gasteiger partial charge is 0.503 e. The SMILES string of the molecule is COc1ccc(C2C(C(=O)c3cc4cc(Br)ccc4o3)=C(O)C(=O)N2c2ccccc2)cc1. The predicted octanol–water partition coefficient (Wildman–Crippen LogP) is 5.99. The lowest BCUT2D eigenvalue weighted by Gasteiger charge is -2.26. The molecule has 4 aromatic rings. The molecule has 0 radical (unpaired) electrons. The second-order valence-corrected chi connectivity index (χ2v) is 8.49. The molecule has 7 heteroatoms. The third-order valence-corrected chi connectivity index (χ3v) is 6.11. The first kappa shape index (κ1) is 21.0. The Hall–Kier alpha value is -3.84. The van der Waals surface area contributed by atoms with Gasteiger partial charge in [0.05, 0.1) is 18.7 Å². The molecule has 1 amide bonds. The summed E-state index contributed by atoms with van der Waals surface area (Å²) in [6.45, 7) is 0. The monoisotopic (exact) mass is 503 g/mol. The zero-order valence-electron chi connectivity index (χ0n) is 17.5. The van der Waals surface area contributed by atoms with Crippen molar-refractivity contribution in [3.05, 3.63) is 106 Å². The molecule has 1 unspecified atom stereocenters. The number of carbonyl (C=O) groups excluding carboxylic acids is 2. The van der Waals surface area contributed by atoms with Gasteiger partial charge in [0.25, 0.3) is 5.91 Å². The first-order valence-corrected chi connectivity index (χ1v) is 11.0. The maximum Gasteiger partial charge on any atom is 0.294 e. The number of anilines is 1. The number of aliphatic hydroxyl groups is 1. The normalized spacial score (nSPS) is 16.0. The molecule has 6 nitrogen and oxygen atoms in total. The van der Waals surface area contributed by atoms with E-state index >= 15 is 0 Å². The molecule has 2 heterocycles. The van der Waals surface area contributed by atoms with Crippen molar-refractivity contribution in [1.29, 1.82) is 0 Å². The summed E-state index contributed by atoms with van der Waals surface area (Å²) in [7, 11) is 1.56. The number of hydrogen-bond donors (Lipinski definition) is 1. The van der Waals surface area contributed by atoms with Gasteiger partial charge in [-0.3, -0.25) is 14.5 Å². The lowest BCUT2D eigenvalue weighted by molar-refractivity contribution is -0.117. The van der Waals surface area contributed by atoms with Crippen LogP contribution in [0.3, 0.4) is 0 Å². The number of furan rings is 1. The minimum atomic E-state index is -0.835. The average Bonchev–Trinajstić information content (AvgIpc) is 3.38. The third kappa shape index (κ3) is 3.60. The number of fused-ring (bicyclic) bond motifs is 1. The summed E-state index contributed by atoms with van der Waals surface area (Å²) in [6, 6.07) is 22.2. The first-order chi connectivity index (χ1) is 16.0. The summed E-state index contributed by atoms with van der Waals surface area (Å²) >= 11 is 3.41. The van der Waals surface area contributed by atoms with Crippen molar-refractivity contribution >= 4 is 44.3 Å². The molecule has 0 aliphatic carbocycles. The Balaban J connectivity index is 1.65. The quantitative estimate of drug-likeness (QED) is 0.338. The summed E-state index contributed by atoms with van der Waals surface area (Å²) in [6.07, 6.45) is 0. The van der Waals surface area contributed by atoms with Crippen LogP contribution in [-0.2, 0) is 4.79 Å². The smallest absolute Gasteiger partial charge is 0.294 e. The highest BCUT2D eigenvalue weighted by atomic mass is 79.9. The van der Waals surface area contributed by atoms with Crippen molar-refractivity contribution in [3.8, 4) is 5.75 Å². The van der Waals surface area contributed by atoms with Gasteiger partial charge in [0.15, 0.2) is 11.5 Å². The zero-order valence-corrected chi connectivity index (χ0v) is 19.1. The Kier molecular flexibility index (Phi) is 5.26. The fourth-order valence-electron chi connectivity index (χ4n) is 4.05. The molecule has 0 saturated carbocycles. The van der Waals surface area contributed by atoms with Crippen LogP contribution in [0.15, 0.2) is 99.1 Å². The number of para-hydroxylation sites is 1. The molecule has 3 aromatic carbocycles. The number of ketones is 1. The first-order valence-electron chi connectivity index (χ1n) is 10.2. The van der Waals surface area contributed by atoms with E-state index in [1.807, 2.05) is 18.2 Å². The molecule has 1 aliphatic heterocycles. The van der Waals surface area contributed by atoms with Gasteiger partial charge in [-0.25, -0.2) is 0 Å². The van der Waals surface area contributed by atoms with Gasteiger partial charge in [-0.05, 0) is 54.1 Å². The van der Waals surface area contributed by atoms with E-state index in [2.05, 4.69) is 15.9 Å². The van der Waals surface area contributed by atoms with E-state index in [0.717, 1.165) is 9.86 Å². The van der Waals surface area contributed by atoms with Crippen LogP contribution in [0.2, 0.25) is 0 Å². The molecule has 164 valence electrons. The van der Waals surface area contributed by atoms with E-state index in [9.17, 15) is 14.7 Å². The van der Waals surface area contributed by atoms with Crippen molar-refractivity contribution in [2.24, 2.45) is 0 Å². The van der Waals surface area contributed by atoms with E-state index in [0.29, 0.717) is 22.6 Å². The number of hydrogen-bond acceptors (Lipinski definition) is 5. The summed E-state index contributed by atoms with van der Waals surface area (Å²) in [4.78, 5) is 28.2. The highest BCUT2D eigenvalue weighted by Crippen LogP contribution is 2.42. The second-order valence-electron chi connectivity index (χ2n) is 7.57. The Bertz CT molecular complexity index is 1410. The van der Waals surface area contributed by atoms with Crippen molar-refractivity contribution in [2.75, 3.05) is 12.0 Å². The molecular formula is C26H18BrNO5. The van der Waals surface area contributed by atoms with E-state index in [-0.39, 0.29) is 11.3 Å². The van der Waals surface area contributed by atoms with Crippen LogP contribution in [0.4, 0.5) is 5.69 Å². The van der Waals surface area contributed by atoms with E-state index < -0.39 is 23.5 Å². The molecule has 0 fully saturated rings. The fourth-order valence-corrected chi connectivity index (χ4v) is 4.43. The van der Waals surface area contributed by atoms with Crippen molar-refractivity contribution < 1.29 is 23.8 Å². The molecule has 0 bridgehead atoms. The molecule has 0 spiro atoms. The van der Waals surface area contributed by atoms with E-state index in [4.69, 9.17) is 9.15 Å². The molecular weight excluding hydrogens is 486 g/mol. The number of Topliss-reactive ketones (excluding diaryl/α,β-unsaturated/α-hetero) is 1.